The Balaban J connectivity index is 1.84. The van der Waals surface area contributed by atoms with Crippen molar-refractivity contribution < 1.29 is 18.3 Å². The van der Waals surface area contributed by atoms with E-state index in [9.17, 15) is 18.3 Å². The monoisotopic (exact) mass is 350 g/mol. The van der Waals surface area contributed by atoms with Gasteiger partial charge in [0, 0.05) is 11.5 Å². The van der Waals surface area contributed by atoms with Gasteiger partial charge >= 0.3 is 0 Å². The van der Waals surface area contributed by atoms with E-state index in [1.54, 1.807) is 0 Å². The van der Waals surface area contributed by atoms with Crippen molar-refractivity contribution in [2.24, 2.45) is 10.2 Å². The molecule has 122 valence electrons. The third-order valence-corrected chi connectivity index (χ3v) is 3.31. The molecular formula is C15H9F3N4OS. The molecule has 0 aliphatic rings. The van der Waals surface area contributed by atoms with Gasteiger partial charge in [-0.3, -0.25) is 0 Å². The van der Waals surface area contributed by atoms with Gasteiger partial charge in [-0.15, -0.1) is 10.2 Å². The van der Waals surface area contributed by atoms with Gasteiger partial charge < -0.3 is 15.4 Å². The largest absolute Gasteiger partial charge is 0.493 e. The fourth-order valence-corrected chi connectivity index (χ4v) is 2.21. The van der Waals surface area contributed by atoms with Gasteiger partial charge in [0.2, 0.25) is 11.0 Å². The molecule has 0 aliphatic carbocycles. The van der Waals surface area contributed by atoms with Gasteiger partial charge in [0.1, 0.15) is 17.5 Å². The summed E-state index contributed by atoms with van der Waals surface area (Å²) in [4.78, 5) is 2.61. The molecule has 0 aliphatic heterocycles. The number of benzene rings is 2. The molecule has 0 atom stereocenters. The highest BCUT2D eigenvalue weighted by Gasteiger charge is 2.12. The molecule has 24 heavy (non-hydrogen) atoms. The van der Waals surface area contributed by atoms with E-state index in [1.165, 1.54) is 18.2 Å². The number of aromatic nitrogens is 1. The van der Waals surface area contributed by atoms with Crippen LogP contribution < -0.4 is 5.32 Å². The number of fused-ring (bicyclic) bond motifs is 1. The van der Waals surface area contributed by atoms with E-state index in [0.29, 0.717) is 17.0 Å². The van der Waals surface area contributed by atoms with Crippen molar-refractivity contribution in [3.63, 3.8) is 0 Å². The molecule has 3 N–H and O–H groups in total. The summed E-state index contributed by atoms with van der Waals surface area (Å²) in [5.74, 6) is -2.39. The molecule has 0 radical (unpaired) electrons. The van der Waals surface area contributed by atoms with Crippen molar-refractivity contribution in [1.29, 1.82) is 0 Å². The van der Waals surface area contributed by atoms with Crippen LogP contribution in [0.25, 0.3) is 10.9 Å². The molecule has 3 rings (SSSR count). The predicted octanol–water partition coefficient (Wildman–Crippen LogP) is 4.77. The Labute approximate surface area is 138 Å². The third kappa shape index (κ3) is 3.20. The number of halogens is 3. The fourth-order valence-electron chi connectivity index (χ4n) is 2.06. The zero-order chi connectivity index (χ0) is 17.3. The van der Waals surface area contributed by atoms with Crippen LogP contribution >= 0.6 is 12.2 Å². The summed E-state index contributed by atoms with van der Waals surface area (Å²) in [6.07, 6.45) is 0. The zero-order valence-corrected chi connectivity index (χ0v) is 12.7. The first-order valence-corrected chi connectivity index (χ1v) is 7.03. The number of nitrogens with one attached hydrogen (secondary N) is 2. The lowest BCUT2D eigenvalue weighted by molar-refractivity contribution is 0.459. The number of aromatic hydroxyl groups is 1. The minimum Gasteiger partial charge on any atom is -0.493 e. The number of hydrogen-bond donors (Lipinski definition) is 3. The summed E-state index contributed by atoms with van der Waals surface area (Å²) in [5, 5.41) is 19.7. The van der Waals surface area contributed by atoms with E-state index in [1.807, 2.05) is 0 Å². The van der Waals surface area contributed by atoms with Crippen molar-refractivity contribution >= 4 is 39.6 Å². The lowest BCUT2D eigenvalue weighted by Gasteiger charge is -2.04. The van der Waals surface area contributed by atoms with Crippen LogP contribution in [0.4, 0.5) is 24.5 Å². The second-order valence-electron chi connectivity index (χ2n) is 4.77. The van der Waals surface area contributed by atoms with E-state index >= 15 is 0 Å². The van der Waals surface area contributed by atoms with E-state index in [-0.39, 0.29) is 22.4 Å². The third-order valence-electron chi connectivity index (χ3n) is 3.13. The van der Waals surface area contributed by atoms with Crippen LogP contribution in [0.5, 0.6) is 5.88 Å². The summed E-state index contributed by atoms with van der Waals surface area (Å²) in [6, 6.07) is 6.74. The number of H-pyrrole nitrogens is 1. The van der Waals surface area contributed by atoms with E-state index < -0.39 is 17.5 Å². The number of hydrogen-bond acceptors (Lipinski definition) is 3. The molecule has 1 heterocycles. The molecule has 0 bridgehead atoms. The highest BCUT2D eigenvalue weighted by atomic mass is 32.1. The van der Waals surface area contributed by atoms with Crippen LogP contribution in [0, 0.1) is 17.5 Å². The van der Waals surface area contributed by atoms with Crippen molar-refractivity contribution in [1.82, 2.24) is 4.98 Å². The normalized spacial score (nSPS) is 11.3. The quantitative estimate of drug-likeness (QED) is 0.460. The lowest BCUT2D eigenvalue weighted by Crippen LogP contribution is -2.06. The maximum Gasteiger partial charge on any atom is 0.218 e. The van der Waals surface area contributed by atoms with E-state index in [0.717, 1.165) is 12.1 Å². The molecule has 0 amide bonds. The molecule has 0 spiro atoms. The van der Waals surface area contributed by atoms with Gasteiger partial charge in [-0.1, -0.05) is 0 Å². The van der Waals surface area contributed by atoms with Crippen LogP contribution in [0.3, 0.4) is 0 Å². The Morgan fingerprint density at radius 3 is 2.54 bits per heavy atom. The van der Waals surface area contributed by atoms with Crippen molar-refractivity contribution in [2.75, 3.05) is 5.32 Å². The highest BCUT2D eigenvalue weighted by molar-refractivity contribution is 7.80. The van der Waals surface area contributed by atoms with Crippen LogP contribution in [0.1, 0.15) is 0 Å². The molecule has 3 aromatic rings. The Bertz CT molecular complexity index is 971. The zero-order valence-electron chi connectivity index (χ0n) is 11.8. The Morgan fingerprint density at radius 2 is 1.79 bits per heavy atom. The first-order chi connectivity index (χ1) is 11.4. The second-order valence-corrected chi connectivity index (χ2v) is 5.15. The molecule has 0 saturated carbocycles. The van der Waals surface area contributed by atoms with E-state index in [4.69, 9.17) is 12.2 Å². The average molecular weight is 350 g/mol. The lowest BCUT2D eigenvalue weighted by atomic mass is 10.2. The highest BCUT2D eigenvalue weighted by Crippen LogP contribution is 2.35. The van der Waals surface area contributed by atoms with E-state index in [2.05, 4.69) is 20.5 Å². The van der Waals surface area contributed by atoms with Gasteiger partial charge in [0.05, 0.1) is 11.2 Å². The van der Waals surface area contributed by atoms with Gasteiger partial charge in [-0.2, -0.15) is 0 Å². The molecule has 9 heteroatoms. The molecule has 0 fully saturated rings. The maximum atomic E-state index is 13.5. The van der Waals surface area contributed by atoms with Crippen molar-refractivity contribution in [3.05, 3.63) is 53.8 Å². The fraction of sp³-hybridized carbons (Fsp3) is 0. The minimum atomic E-state index is -0.843. The van der Waals surface area contributed by atoms with Crippen LogP contribution in [-0.2, 0) is 0 Å². The molecule has 0 unspecified atom stereocenters. The predicted molar refractivity (Wildman–Crippen MR) is 87.0 cm³/mol. The second kappa shape index (κ2) is 6.28. The number of rotatable bonds is 2. The molecule has 5 nitrogen and oxygen atoms in total. The summed E-state index contributed by atoms with van der Waals surface area (Å²) in [6.45, 7) is 0. The number of anilines is 1. The Morgan fingerprint density at radius 1 is 1.08 bits per heavy atom. The molecule has 2 aromatic carbocycles. The van der Waals surface area contributed by atoms with Crippen LogP contribution in [0.15, 0.2) is 46.6 Å². The average Bonchev–Trinajstić information content (AvgIpc) is 2.83. The van der Waals surface area contributed by atoms with Gasteiger partial charge in [-0.05, 0) is 42.5 Å². The smallest absolute Gasteiger partial charge is 0.218 e. The van der Waals surface area contributed by atoms with Crippen molar-refractivity contribution in [2.45, 2.75) is 0 Å². The van der Waals surface area contributed by atoms with Crippen molar-refractivity contribution in [3.8, 4) is 5.88 Å². The topological polar surface area (TPSA) is 72.8 Å². The number of aromatic amines is 1. The molecular weight excluding hydrogens is 341 g/mol. The summed E-state index contributed by atoms with van der Waals surface area (Å²) < 4.78 is 39.7. The van der Waals surface area contributed by atoms with Crippen LogP contribution in [0.2, 0.25) is 0 Å². The van der Waals surface area contributed by atoms with Gasteiger partial charge in [-0.25, -0.2) is 13.2 Å². The first kappa shape index (κ1) is 15.9. The maximum absolute atomic E-state index is 13.5. The minimum absolute atomic E-state index is 0.00627. The molecule has 0 saturated heterocycles. The Hall–Kier alpha value is -2.94. The number of thiocarbonyl (C=S) groups is 1. The van der Waals surface area contributed by atoms with Gasteiger partial charge in [0.15, 0.2) is 5.69 Å². The SMILES string of the molecule is Oc1[nH]c2ccc(F)cc2c1N=NC(=S)Nc1ccc(F)cc1F. The first-order valence-electron chi connectivity index (χ1n) is 6.62. The number of nitrogens with zero attached hydrogens (tertiary/aromatic N) is 2. The standard InChI is InChI=1S/C15H9F3N4OS/c16-7-1-3-11-9(5-7)13(14(23)19-11)21-22-15(24)20-12-4-2-8(17)6-10(12)18/h1-6,19,23H,(H,20,24). The number of azo groups is 1. The summed E-state index contributed by atoms with van der Waals surface area (Å²) in [5.41, 5.74) is 0.383. The van der Waals surface area contributed by atoms with Crippen LogP contribution in [-0.4, -0.2) is 15.2 Å². The molecule has 1 aromatic heterocycles. The van der Waals surface area contributed by atoms with Gasteiger partial charge in [0.25, 0.3) is 0 Å². The summed E-state index contributed by atoms with van der Waals surface area (Å²) >= 11 is 4.90. The summed E-state index contributed by atoms with van der Waals surface area (Å²) in [7, 11) is 0. The Kier molecular flexibility index (Phi) is 4.17.